The molecule has 29 heavy (non-hydrogen) atoms. The zero-order chi connectivity index (χ0) is 21.6. The van der Waals surface area contributed by atoms with E-state index >= 15 is 0 Å². The molecule has 1 fully saturated rings. The second-order valence-electron chi connectivity index (χ2n) is 8.98. The molecule has 7 nitrogen and oxygen atoms in total. The van der Waals surface area contributed by atoms with Crippen molar-refractivity contribution in [3.8, 4) is 0 Å². The van der Waals surface area contributed by atoms with Gasteiger partial charge in [-0.3, -0.25) is 9.59 Å². The maximum Gasteiger partial charge on any atom is 0.494 e. The van der Waals surface area contributed by atoms with Crippen molar-refractivity contribution in [2.24, 2.45) is 11.7 Å². The molecule has 0 bridgehead atoms. The van der Waals surface area contributed by atoms with Crippen molar-refractivity contribution in [2.75, 3.05) is 6.61 Å². The van der Waals surface area contributed by atoms with Gasteiger partial charge < -0.3 is 24.3 Å². The minimum atomic E-state index is -0.560. The molecule has 2 aromatic rings. The number of ether oxygens (including phenoxy) is 1. The average Bonchev–Trinajstić information content (AvgIpc) is 3.07. The SMILES string of the molecule is CC(C)COC(=O)Cn1cc(C(N)=O)c2cc(B3OC(C)(C)C(C)(C)O3)ccc21. The third kappa shape index (κ3) is 4.18. The summed E-state index contributed by atoms with van der Waals surface area (Å²) in [7, 11) is -0.551. The minimum absolute atomic E-state index is 0.00629. The summed E-state index contributed by atoms with van der Waals surface area (Å²) in [6, 6.07) is 5.57. The Kier molecular flexibility index (Phi) is 5.53. The maximum atomic E-state index is 12.2. The topological polar surface area (TPSA) is 92.8 Å². The largest absolute Gasteiger partial charge is 0.494 e. The van der Waals surface area contributed by atoms with Crippen LogP contribution >= 0.6 is 0 Å². The Morgan fingerprint density at radius 3 is 2.34 bits per heavy atom. The van der Waals surface area contributed by atoms with Gasteiger partial charge >= 0.3 is 13.1 Å². The molecule has 0 saturated carbocycles. The van der Waals surface area contributed by atoms with Crippen molar-refractivity contribution >= 4 is 35.4 Å². The highest BCUT2D eigenvalue weighted by Crippen LogP contribution is 2.36. The van der Waals surface area contributed by atoms with E-state index < -0.39 is 24.2 Å². The summed E-state index contributed by atoms with van der Waals surface area (Å²) in [5.41, 5.74) is 6.50. The second-order valence-corrected chi connectivity index (χ2v) is 8.98. The molecule has 0 spiro atoms. The van der Waals surface area contributed by atoms with Crippen molar-refractivity contribution in [1.29, 1.82) is 0 Å². The Hall–Kier alpha value is -2.32. The first kappa shape index (κ1) is 21.4. The lowest BCUT2D eigenvalue weighted by atomic mass is 9.78. The van der Waals surface area contributed by atoms with Crippen LogP contribution in [0, 0.1) is 5.92 Å². The first-order valence-electron chi connectivity index (χ1n) is 9.85. The van der Waals surface area contributed by atoms with Gasteiger partial charge in [-0.15, -0.1) is 0 Å². The number of carbonyl (C=O) groups is 2. The summed E-state index contributed by atoms with van der Waals surface area (Å²) < 4.78 is 19.2. The van der Waals surface area contributed by atoms with Crippen molar-refractivity contribution in [3.05, 3.63) is 30.0 Å². The van der Waals surface area contributed by atoms with Crippen LogP contribution in [0.4, 0.5) is 0 Å². The Balaban J connectivity index is 1.93. The van der Waals surface area contributed by atoms with Gasteiger partial charge in [0, 0.05) is 17.1 Å². The van der Waals surface area contributed by atoms with Crippen molar-refractivity contribution in [2.45, 2.75) is 59.3 Å². The van der Waals surface area contributed by atoms with E-state index in [1.54, 1.807) is 10.8 Å². The molecule has 8 heteroatoms. The lowest BCUT2D eigenvalue weighted by molar-refractivity contribution is -0.145. The van der Waals surface area contributed by atoms with Gasteiger partial charge in [-0.2, -0.15) is 0 Å². The molecular formula is C21H29BN2O5. The fraction of sp³-hybridized carbons (Fsp3) is 0.524. The molecule has 1 amide bonds. The van der Waals surface area contributed by atoms with Crippen LogP contribution in [-0.2, 0) is 25.4 Å². The van der Waals surface area contributed by atoms with E-state index in [2.05, 4.69) is 0 Å². The quantitative estimate of drug-likeness (QED) is 0.593. The number of carbonyl (C=O) groups excluding carboxylic acids is 2. The molecular weight excluding hydrogens is 371 g/mol. The highest BCUT2D eigenvalue weighted by molar-refractivity contribution is 6.62. The number of nitrogens with two attached hydrogens (primary N) is 1. The van der Waals surface area contributed by atoms with Gasteiger partial charge in [0.1, 0.15) is 6.54 Å². The number of benzene rings is 1. The van der Waals surface area contributed by atoms with Crippen LogP contribution in [0.5, 0.6) is 0 Å². The summed E-state index contributed by atoms with van der Waals surface area (Å²) in [5.74, 6) is -0.666. The smallest absolute Gasteiger partial charge is 0.464 e. The highest BCUT2D eigenvalue weighted by atomic mass is 16.7. The first-order valence-corrected chi connectivity index (χ1v) is 9.85. The van der Waals surface area contributed by atoms with Gasteiger partial charge in [-0.05, 0) is 45.1 Å². The van der Waals surface area contributed by atoms with Gasteiger partial charge in [0.05, 0.1) is 23.4 Å². The van der Waals surface area contributed by atoms with Crippen LogP contribution in [0.25, 0.3) is 10.9 Å². The average molecular weight is 400 g/mol. The molecule has 1 aliphatic heterocycles. The third-order valence-electron chi connectivity index (χ3n) is 5.57. The Bertz CT molecular complexity index is 932. The van der Waals surface area contributed by atoms with Crippen LogP contribution in [-0.4, -0.2) is 41.4 Å². The highest BCUT2D eigenvalue weighted by Gasteiger charge is 2.51. The van der Waals surface area contributed by atoms with E-state index in [4.69, 9.17) is 19.8 Å². The minimum Gasteiger partial charge on any atom is -0.464 e. The summed E-state index contributed by atoms with van der Waals surface area (Å²) >= 11 is 0. The number of primary amides is 1. The van der Waals surface area contributed by atoms with E-state index in [1.807, 2.05) is 59.7 Å². The fourth-order valence-corrected chi connectivity index (χ4v) is 3.21. The van der Waals surface area contributed by atoms with Crippen LogP contribution < -0.4 is 11.2 Å². The molecule has 2 heterocycles. The summed E-state index contributed by atoms with van der Waals surface area (Å²) in [4.78, 5) is 24.2. The monoisotopic (exact) mass is 400 g/mol. The number of hydrogen-bond donors (Lipinski definition) is 1. The molecule has 0 radical (unpaired) electrons. The number of rotatable bonds is 6. The molecule has 0 aliphatic carbocycles. The van der Waals surface area contributed by atoms with Gasteiger partial charge in [0.15, 0.2) is 0 Å². The maximum absolute atomic E-state index is 12.2. The molecule has 1 aromatic carbocycles. The molecule has 1 aromatic heterocycles. The van der Waals surface area contributed by atoms with E-state index in [0.29, 0.717) is 17.6 Å². The number of hydrogen-bond acceptors (Lipinski definition) is 5. The summed E-state index contributed by atoms with van der Waals surface area (Å²) in [5, 5.41) is 0.654. The predicted octanol–water partition coefficient (Wildman–Crippen LogP) is 2.24. The second kappa shape index (κ2) is 7.50. The van der Waals surface area contributed by atoms with Gasteiger partial charge in [-0.1, -0.05) is 26.0 Å². The Labute approximate surface area is 171 Å². The van der Waals surface area contributed by atoms with Crippen molar-refractivity contribution < 1.29 is 23.6 Å². The molecule has 3 rings (SSSR count). The fourth-order valence-electron chi connectivity index (χ4n) is 3.21. The molecule has 0 unspecified atom stereocenters. The standard InChI is InChI=1S/C21H29BN2O5/c1-13(2)12-27-18(25)11-24-10-16(19(23)26)15-9-14(7-8-17(15)24)22-28-20(3,4)21(5,6)29-22/h7-10,13H,11-12H2,1-6H3,(H2,23,26). The first-order chi connectivity index (χ1) is 13.4. The van der Waals surface area contributed by atoms with Crippen LogP contribution in [0.3, 0.4) is 0 Å². The third-order valence-corrected chi connectivity index (χ3v) is 5.57. The molecule has 1 aliphatic rings. The Morgan fingerprint density at radius 1 is 1.17 bits per heavy atom. The molecule has 0 atom stereocenters. The summed E-state index contributed by atoms with van der Waals surface area (Å²) in [6.07, 6.45) is 1.59. The van der Waals surface area contributed by atoms with Crippen molar-refractivity contribution in [3.63, 3.8) is 0 Å². The van der Waals surface area contributed by atoms with E-state index in [9.17, 15) is 9.59 Å². The predicted molar refractivity (Wildman–Crippen MR) is 112 cm³/mol. The van der Waals surface area contributed by atoms with Crippen LogP contribution in [0.15, 0.2) is 24.4 Å². The lowest BCUT2D eigenvalue weighted by Gasteiger charge is -2.32. The van der Waals surface area contributed by atoms with Gasteiger partial charge in [-0.25, -0.2) is 0 Å². The number of esters is 1. The zero-order valence-electron chi connectivity index (χ0n) is 17.9. The Morgan fingerprint density at radius 2 is 1.79 bits per heavy atom. The number of nitrogens with zero attached hydrogens (tertiary/aromatic N) is 1. The lowest BCUT2D eigenvalue weighted by Crippen LogP contribution is -2.41. The van der Waals surface area contributed by atoms with Crippen LogP contribution in [0.2, 0.25) is 0 Å². The number of amides is 1. The molecule has 1 saturated heterocycles. The summed E-state index contributed by atoms with van der Waals surface area (Å²) in [6.45, 7) is 12.2. The van der Waals surface area contributed by atoms with Crippen LogP contribution in [0.1, 0.15) is 51.9 Å². The van der Waals surface area contributed by atoms with E-state index in [-0.39, 0.29) is 18.4 Å². The van der Waals surface area contributed by atoms with E-state index in [1.165, 1.54) is 0 Å². The van der Waals surface area contributed by atoms with E-state index in [0.717, 1.165) is 11.0 Å². The molecule has 2 N–H and O–H groups in total. The van der Waals surface area contributed by atoms with Gasteiger partial charge in [0.2, 0.25) is 0 Å². The van der Waals surface area contributed by atoms with Crippen molar-refractivity contribution in [1.82, 2.24) is 4.57 Å². The van der Waals surface area contributed by atoms with Gasteiger partial charge in [0.25, 0.3) is 5.91 Å². The zero-order valence-corrected chi connectivity index (χ0v) is 17.9. The number of fused-ring (bicyclic) bond motifs is 1. The molecule has 156 valence electrons. The normalized spacial score (nSPS) is 17.8. The number of aromatic nitrogens is 1.